The van der Waals surface area contributed by atoms with E-state index in [0.717, 1.165) is 50.1 Å². The minimum absolute atomic E-state index is 0.0564. The van der Waals surface area contributed by atoms with Crippen molar-refractivity contribution in [3.8, 4) is 0 Å². The molecule has 0 aromatic carbocycles. The van der Waals surface area contributed by atoms with Crippen LogP contribution in [0.2, 0.25) is 0 Å². The number of amides is 1. The van der Waals surface area contributed by atoms with Crippen LogP contribution in [0.3, 0.4) is 0 Å². The summed E-state index contributed by atoms with van der Waals surface area (Å²) in [6, 6.07) is 0.0564. The van der Waals surface area contributed by atoms with Crippen LogP contribution < -0.4 is 5.32 Å². The fourth-order valence-corrected chi connectivity index (χ4v) is 3.50. The highest BCUT2D eigenvalue weighted by atomic mass is 32.2. The number of nitrogens with one attached hydrogen (secondary N) is 1. The number of hydrogen-bond donors (Lipinski definition) is 1. The Morgan fingerprint density at radius 1 is 1.32 bits per heavy atom. The smallest absolute Gasteiger partial charge is 0.240 e. The molecular weight excluding hydrogens is 258 g/mol. The Labute approximate surface area is 121 Å². The molecule has 2 aliphatic heterocycles. The molecule has 5 heteroatoms. The van der Waals surface area contributed by atoms with Crippen molar-refractivity contribution in [3.63, 3.8) is 0 Å². The highest BCUT2D eigenvalue weighted by Gasteiger charge is 2.28. The monoisotopic (exact) mass is 285 g/mol. The molecule has 0 aliphatic carbocycles. The first-order chi connectivity index (χ1) is 9.16. The van der Waals surface area contributed by atoms with Gasteiger partial charge in [0.05, 0.1) is 6.04 Å². The predicted octanol–water partition coefficient (Wildman–Crippen LogP) is 0.882. The second-order valence-electron chi connectivity index (χ2n) is 5.93. The van der Waals surface area contributed by atoms with E-state index in [1.54, 1.807) is 0 Å². The molecule has 19 heavy (non-hydrogen) atoms. The molecule has 1 unspecified atom stereocenters. The van der Waals surface area contributed by atoms with Gasteiger partial charge in [-0.05, 0) is 18.9 Å². The van der Waals surface area contributed by atoms with Gasteiger partial charge in [-0.15, -0.1) is 0 Å². The largest absolute Gasteiger partial charge is 0.339 e. The van der Waals surface area contributed by atoms with Crippen LogP contribution in [0.4, 0.5) is 0 Å². The maximum atomic E-state index is 12.4. The number of piperazine rings is 1. The molecule has 0 bridgehead atoms. The summed E-state index contributed by atoms with van der Waals surface area (Å²) in [7, 11) is 0. The Kier molecular flexibility index (Phi) is 5.98. The van der Waals surface area contributed by atoms with Crippen LogP contribution in [0, 0.1) is 5.92 Å². The van der Waals surface area contributed by atoms with E-state index < -0.39 is 0 Å². The van der Waals surface area contributed by atoms with Crippen LogP contribution in [0.15, 0.2) is 0 Å². The summed E-state index contributed by atoms with van der Waals surface area (Å²) >= 11 is 1.89. The summed E-state index contributed by atoms with van der Waals surface area (Å²) in [5, 5.41) is 3.34. The quantitative estimate of drug-likeness (QED) is 0.832. The van der Waals surface area contributed by atoms with E-state index in [-0.39, 0.29) is 6.04 Å². The number of carbonyl (C=O) groups excluding carboxylic acids is 1. The minimum atomic E-state index is 0.0564. The summed E-state index contributed by atoms with van der Waals surface area (Å²) in [5.74, 6) is 3.15. The van der Waals surface area contributed by atoms with Crippen molar-refractivity contribution < 1.29 is 4.79 Å². The molecule has 0 spiro atoms. The van der Waals surface area contributed by atoms with Crippen molar-refractivity contribution >= 4 is 17.7 Å². The fourth-order valence-electron chi connectivity index (χ4n) is 2.58. The van der Waals surface area contributed by atoms with E-state index in [1.807, 2.05) is 11.8 Å². The van der Waals surface area contributed by atoms with Gasteiger partial charge < -0.3 is 10.2 Å². The third-order valence-electron chi connectivity index (χ3n) is 3.93. The highest BCUT2D eigenvalue weighted by Crippen LogP contribution is 2.12. The topological polar surface area (TPSA) is 35.6 Å². The van der Waals surface area contributed by atoms with Gasteiger partial charge in [0.25, 0.3) is 0 Å². The van der Waals surface area contributed by atoms with E-state index in [0.29, 0.717) is 5.91 Å². The summed E-state index contributed by atoms with van der Waals surface area (Å²) in [6.07, 6.45) is 1.26. The Bertz CT molecular complexity index is 284. The molecule has 2 heterocycles. The second-order valence-corrected chi connectivity index (χ2v) is 7.08. The van der Waals surface area contributed by atoms with Gasteiger partial charge >= 0.3 is 0 Å². The molecule has 0 aromatic heterocycles. The van der Waals surface area contributed by atoms with E-state index >= 15 is 0 Å². The lowest BCUT2D eigenvalue weighted by molar-refractivity contribution is -0.134. The van der Waals surface area contributed by atoms with Crippen LogP contribution >= 0.6 is 11.8 Å². The van der Waals surface area contributed by atoms with Gasteiger partial charge in [-0.3, -0.25) is 9.69 Å². The maximum absolute atomic E-state index is 12.4. The van der Waals surface area contributed by atoms with Crippen LogP contribution in [0.25, 0.3) is 0 Å². The predicted molar refractivity (Wildman–Crippen MR) is 81.6 cm³/mol. The van der Waals surface area contributed by atoms with Crippen molar-refractivity contribution in [3.05, 3.63) is 0 Å². The van der Waals surface area contributed by atoms with Crippen LogP contribution in [0.1, 0.15) is 20.3 Å². The first kappa shape index (κ1) is 15.1. The zero-order valence-corrected chi connectivity index (χ0v) is 13.0. The summed E-state index contributed by atoms with van der Waals surface area (Å²) in [6.45, 7) is 10.6. The molecule has 1 atom stereocenters. The zero-order valence-electron chi connectivity index (χ0n) is 12.2. The SMILES string of the molecule is CC(C)CCN1CCN(C(=O)C2CSCCN2)CC1. The van der Waals surface area contributed by atoms with Gasteiger partial charge in [0, 0.05) is 44.2 Å². The summed E-state index contributed by atoms with van der Waals surface area (Å²) < 4.78 is 0. The number of thioether (sulfide) groups is 1. The fraction of sp³-hybridized carbons (Fsp3) is 0.929. The average Bonchev–Trinajstić information content (AvgIpc) is 2.46. The lowest BCUT2D eigenvalue weighted by atomic mass is 10.1. The Morgan fingerprint density at radius 3 is 2.63 bits per heavy atom. The number of nitrogens with zero attached hydrogens (tertiary/aromatic N) is 2. The normalized spacial score (nSPS) is 25.8. The van der Waals surface area contributed by atoms with E-state index in [9.17, 15) is 4.79 Å². The van der Waals surface area contributed by atoms with Gasteiger partial charge in [0.15, 0.2) is 0 Å². The molecule has 110 valence electrons. The molecule has 1 amide bonds. The minimum Gasteiger partial charge on any atom is -0.339 e. The molecule has 1 N–H and O–H groups in total. The van der Waals surface area contributed by atoms with Crippen LogP contribution in [-0.4, -0.2) is 72.5 Å². The van der Waals surface area contributed by atoms with Gasteiger partial charge in [-0.2, -0.15) is 11.8 Å². The molecule has 2 fully saturated rings. The summed E-state index contributed by atoms with van der Waals surface area (Å²) in [4.78, 5) is 16.9. The number of rotatable bonds is 4. The molecule has 0 saturated carbocycles. The average molecular weight is 285 g/mol. The lowest BCUT2D eigenvalue weighted by Crippen LogP contribution is -2.56. The van der Waals surface area contributed by atoms with Crippen molar-refractivity contribution in [1.82, 2.24) is 15.1 Å². The maximum Gasteiger partial charge on any atom is 0.240 e. The molecule has 0 radical (unpaired) electrons. The van der Waals surface area contributed by atoms with Gasteiger partial charge in [0.1, 0.15) is 0 Å². The Morgan fingerprint density at radius 2 is 2.05 bits per heavy atom. The van der Waals surface area contributed by atoms with Crippen molar-refractivity contribution in [1.29, 1.82) is 0 Å². The van der Waals surface area contributed by atoms with Crippen LogP contribution in [-0.2, 0) is 4.79 Å². The molecule has 2 aliphatic rings. The first-order valence-electron chi connectivity index (χ1n) is 7.49. The van der Waals surface area contributed by atoms with Gasteiger partial charge in [-0.1, -0.05) is 13.8 Å². The van der Waals surface area contributed by atoms with Crippen molar-refractivity contribution in [2.24, 2.45) is 5.92 Å². The lowest BCUT2D eigenvalue weighted by Gasteiger charge is -2.37. The van der Waals surface area contributed by atoms with Gasteiger partial charge in [-0.25, -0.2) is 0 Å². The van der Waals surface area contributed by atoms with Gasteiger partial charge in [0.2, 0.25) is 5.91 Å². The van der Waals surface area contributed by atoms with E-state index in [2.05, 4.69) is 29.0 Å². The molecule has 4 nitrogen and oxygen atoms in total. The molecule has 2 saturated heterocycles. The Hall–Kier alpha value is -0.260. The Balaban J connectivity index is 1.71. The third kappa shape index (κ3) is 4.65. The summed E-state index contributed by atoms with van der Waals surface area (Å²) in [5.41, 5.74) is 0. The van der Waals surface area contributed by atoms with Crippen molar-refractivity contribution in [2.45, 2.75) is 26.3 Å². The third-order valence-corrected chi connectivity index (χ3v) is 4.99. The van der Waals surface area contributed by atoms with Crippen LogP contribution in [0.5, 0.6) is 0 Å². The first-order valence-corrected chi connectivity index (χ1v) is 8.64. The standard InChI is InChI=1S/C14H27N3OS/c1-12(2)3-5-16-6-8-17(9-7-16)14(18)13-11-19-10-4-15-13/h12-13,15H,3-11H2,1-2H3. The number of hydrogen-bond acceptors (Lipinski definition) is 4. The second kappa shape index (κ2) is 7.50. The van der Waals surface area contributed by atoms with Crippen molar-refractivity contribution in [2.75, 3.05) is 50.8 Å². The molecular formula is C14H27N3OS. The molecule has 0 aromatic rings. The van der Waals surface area contributed by atoms with E-state index in [1.165, 1.54) is 13.0 Å². The molecule has 2 rings (SSSR count). The number of carbonyl (C=O) groups is 1. The zero-order chi connectivity index (χ0) is 13.7. The van der Waals surface area contributed by atoms with E-state index in [4.69, 9.17) is 0 Å². The highest BCUT2D eigenvalue weighted by molar-refractivity contribution is 7.99.